The van der Waals surface area contributed by atoms with Gasteiger partial charge in [0.05, 0.1) is 17.1 Å². The maximum atomic E-state index is 12.4. The van der Waals surface area contributed by atoms with E-state index in [0.717, 1.165) is 0 Å². The van der Waals surface area contributed by atoms with E-state index in [1.807, 2.05) is 0 Å². The van der Waals surface area contributed by atoms with Crippen molar-refractivity contribution in [1.29, 1.82) is 0 Å². The largest absolute Gasteiger partial charge is 0.397 e. The highest BCUT2D eigenvalue weighted by atomic mass is 32.2. The van der Waals surface area contributed by atoms with Crippen LogP contribution in [0.3, 0.4) is 0 Å². The average molecular weight is 278 g/mol. The van der Waals surface area contributed by atoms with Gasteiger partial charge in [-0.15, -0.1) is 0 Å². The van der Waals surface area contributed by atoms with Crippen LogP contribution in [0.25, 0.3) is 0 Å². The number of benzene rings is 1. The molecular weight excluding hydrogens is 262 g/mol. The molecule has 0 saturated carbocycles. The van der Waals surface area contributed by atoms with E-state index in [-0.39, 0.29) is 17.0 Å². The number of anilines is 2. The Balaban J connectivity index is 2.53. The van der Waals surface area contributed by atoms with Gasteiger partial charge in [0, 0.05) is 18.4 Å². The van der Waals surface area contributed by atoms with Crippen LogP contribution in [-0.4, -0.2) is 27.0 Å². The maximum Gasteiger partial charge on any atom is 0.263 e. The van der Waals surface area contributed by atoms with Gasteiger partial charge in [0.2, 0.25) is 0 Å². The van der Waals surface area contributed by atoms with Crippen LogP contribution in [0.1, 0.15) is 18.4 Å². The van der Waals surface area contributed by atoms with Crippen LogP contribution in [0.2, 0.25) is 0 Å². The number of nitrogens with two attached hydrogens (primary N) is 1. The SMILES string of the molecule is CS(=O)(=O)CCCNc1ccc(C(F)F)cc1N. The molecule has 0 aromatic heterocycles. The minimum Gasteiger partial charge on any atom is -0.397 e. The van der Waals surface area contributed by atoms with E-state index >= 15 is 0 Å². The molecule has 1 rings (SSSR count). The van der Waals surface area contributed by atoms with Crippen LogP contribution >= 0.6 is 0 Å². The summed E-state index contributed by atoms with van der Waals surface area (Å²) in [5.74, 6) is 0.0784. The van der Waals surface area contributed by atoms with E-state index in [9.17, 15) is 17.2 Å². The number of hydrogen-bond acceptors (Lipinski definition) is 4. The van der Waals surface area contributed by atoms with Crippen molar-refractivity contribution in [2.75, 3.05) is 29.6 Å². The number of nitrogens with one attached hydrogen (secondary N) is 1. The first-order valence-electron chi connectivity index (χ1n) is 5.39. The lowest BCUT2D eigenvalue weighted by Crippen LogP contribution is -2.10. The number of alkyl halides is 2. The predicted octanol–water partition coefficient (Wildman–Crippen LogP) is 2.05. The van der Waals surface area contributed by atoms with Crippen LogP contribution in [-0.2, 0) is 9.84 Å². The number of nitrogen functional groups attached to an aromatic ring is 1. The fourth-order valence-electron chi connectivity index (χ4n) is 1.44. The molecule has 1 aromatic carbocycles. The topological polar surface area (TPSA) is 72.2 Å². The van der Waals surface area contributed by atoms with Crippen molar-refractivity contribution in [3.63, 3.8) is 0 Å². The Morgan fingerprint density at radius 3 is 2.56 bits per heavy atom. The highest BCUT2D eigenvalue weighted by molar-refractivity contribution is 7.90. The minimum atomic E-state index is -2.98. The van der Waals surface area contributed by atoms with E-state index in [4.69, 9.17) is 5.73 Å². The third-order valence-electron chi connectivity index (χ3n) is 2.33. The number of rotatable bonds is 6. The fourth-order valence-corrected chi connectivity index (χ4v) is 2.10. The van der Waals surface area contributed by atoms with E-state index in [0.29, 0.717) is 18.7 Å². The summed E-state index contributed by atoms with van der Waals surface area (Å²) < 4.78 is 46.5. The monoisotopic (exact) mass is 278 g/mol. The number of halogens is 2. The van der Waals surface area contributed by atoms with Crippen molar-refractivity contribution in [2.24, 2.45) is 0 Å². The summed E-state index contributed by atoms with van der Waals surface area (Å²) >= 11 is 0. The molecule has 0 spiro atoms. The molecule has 0 amide bonds. The zero-order valence-corrected chi connectivity index (χ0v) is 10.8. The highest BCUT2D eigenvalue weighted by Crippen LogP contribution is 2.26. The quantitative estimate of drug-likeness (QED) is 0.617. The Morgan fingerprint density at radius 1 is 1.39 bits per heavy atom. The molecule has 1 aromatic rings. The van der Waals surface area contributed by atoms with E-state index in [2.05, 4.69) is 5.32 Å². The van der Waals surface area contributed by atoms with Crippen molar-refractivity contribution in [2.45, 2.75) is 12.8 Å². The second kappa shape index (κ2) is 5.99. The maximum absolute atomic E-state index is 12.4. The van der Waals surface area contributed by atoms with Crippen molar-refractivity contribution >= 4 is 21.2 Å². The molecule has 0 bridgehead atoms. The smallest absolute Gasteiger partial charge is 0.263 e. The van der Waals surface area contributed by atoms with Gasteiger partial charge in [0.25, 0.3) is 6.43 Å². The zero-order valence-electron chi connectivity index (χ0n) is 9.99. The normalized spacial score (nSPS) is 11.8. The first-order valence-corrected chi connectivity index (χ1v) is 7.45. The molecule has 0 fully saturated rings. The number of hydrogen-bond donors (Lipinski definition) is 2. The van der Waals surface area contributed by atoms with Gasteiger partial charge in [-0.3, -0.25) is 0 Å². The van der Waals surface area contributed by atoms with Gasteiger partial charge >= 0.3 is 0 Å². The van der Waals surface area contributed by atoms with Gasteiger partial charge in [0.15, 0.2) is 0 Å². The van der Waals surface area contributed by atoms with E-state index in [1.165, 1.54) is 24.5 Å². The summed E-state index contributed by atoms with van der Waals surface area (Å²) in [5, 5.41) is 2.92. The standard InChI is InChI=1S/C11H16F2N2O2S/c1-18(16,17)6-2-5-15-10-4-3-8(11(12)13)7-9(10)14/h3-4,7,11,15H,2,5-6,14H2,1H3. The molecule has 0 aliphatic heterocycles. The Hall–Kier alpha value is -1.37. The Kier molecular flexibility index (Phi) is 4.89. The molecule has 0 saturated heterocycles. The van der Waals surface area contributed by atoms with Gasteiger partial charge in [-0.2, -0.15) is 0 Å². The highest BCUT2D eigenvalue weighted by Gasteiger charge is 2.09. The van der Waals surface area contributed by atoms with Crippen LogP contribution in [0.15, 0.2) is 18.2 Å². The summed E-state index contributed by atoms with van der Waals surface area (Å²) in [4.78, 5) is 0. The Labute approximate surface area is 105 Å². The molecule has 0 unspecified atom stereocenters. The molecule has 0 radical (unpaired) electrons. The fraction of sp³-hybridized carbons (Fsp3) is 0.455. The van der Waals surface area contributed by atoms with Crippen LogP contribution in [0.4, 0.5) is 20.2 Å². The lowest BCUT2D eigenvalue weighted by molar-refractivity contribution is 0.151. The minimum absolute atomic E-state index is 0.0784. The summed E-state index contributed by atoms with van der Waals surface area (Å²) in [7, 11) is -2.98. The third kappa shape index (κ3) is 4.87. The van der Waals surface area contributed by atoms with Crippen LogP contribution in [0.5, 0.6) is 0 Å². The van der Waals surface area contributed by atoms with Crippen molar-refractivity contribution in [1.82, 2.24) is 0 Å². The van der Waals surface area contributed by atoms with Gasteiger partial charge in [-0.25, -0.2) is 17.2 Å². The van der Waals surface area contributed by atoms with Gasteiger partial charge < -0.3 is 11.1 Å². The average Bonchev–Trinajstić information content (AvgIpc) is 2.24. The molecule has 3 N–H and O–H groups in total. The Morgan fingerprint density at radius 2 is 2.06 bits per heavy atom. The summed E-state index contributed by atoms with van der Waals surface area (Å²) in [6.45, 7) is 0.422. The van der Waals surface area contributed by atoms with E-state index < -0.39 is 16.3 Å². The summed E-state index contributed by atoms with van der Waals surface area (Å²) in [6, 6.07) is 3.97. The molecule has 4 nitrogen and oxygen atoms in total. The molecular formula is C11H16F2N2O2S. The molecule has 0 aliphatic rings. The third-order valence-corrected chi connectivity index (χ3v) is 3.37. The van der Waals surface area contributed by atoms with Crippen LogP contribution < -0.4 is 11.1 Å². The molecule has 18 heavy (non-hydrogen) atoms. The molecule has 102 valence electrons. The van der Waals surface area contributed by atoms with Gasteiger partial charge in [-0.05, 0) is 18.6 Å². The second-order valence-corrected chi connectivity index (χ2v) is 6.32. The summed E-state index contributed by atoms with van der Waals surface area (Å²) in [6.07, 6.45) is -0.945. The first kappa shape index (κ1) is 14.7. The zero-order chi connectivity index (χ0) is 13.8. The van der Waals surface area contributed by atoms with E-state index in [1.54, 1.807) is 0 Å². The van der Waals surface area contributed by atoms with Crippen molar-refractivity contribution in [3.8, 4) is 0 Å². The molecule has 0 heterocycles. The molecule has 0 atom stereocenters. The lowest BCUT2D eigenvalue weighted by atomic mass is 10.2. The van der Waals surface area contributed by atoms with Gasteiger partial charge in [-0.1, -0.05) is 6.07 Å². The lowest BCUT2D eigenvalue weighted by Gasteiger charge is -2.10. The van der Waals surface area contributed by atoms with Crippen molar-refractivity contribution in [3.05, 3.63) is 23.8 Å². The Bertz CT molecular complexity index is 504. The summed E-state index contributed by atoms with van der Waals surface area (Å²) in [5.41, 5.74) is 6.25. The number of sulfone groups is 1. The predicted molar refractivity (Wildman–Crippen MR) is 68.6 cm³/mol. The van der Waals surface area contributed by atoms with Crippen LogP contribution in [0, 0.1) is 0 Å². The first-order chi connectivity index (χ1) is 8.29. The second-order valence-electron chi connectivity index (χ2n) is 4.06. The van der Waals surface area contributed by atoms with Gasteiger partial charge in [0.1, 0.15) is 9.84 Å². The molecule has 0 aliphatic carbocycles. The molecule has 7 heteroatoms. The van der Waals surface area contributed by atoms with Crippen molar-refractivity contribution < 1.29 is 17.2 Å².